The molecule has 0 N–H and O–H groups in total. The minimum Gasteiger partial charge on any atom is -0.468 e. The van der Waals surface area contributed by atoms with Gasteiger partial charge in [-0.1, -0.05) is 147 Å². The van der Waals surface area contributed by atoms with E-state index in [4.69, 9.17) is 15.0 Å². The normalized spacial score (nSPS) is 12.0. The lowest BCUT2D eigenvalue weighted by atomic mass is 9.76. The second-order valence-corrected chi connectivity index (χ2v) is 11.8. The van der Waals surface area contributed by atoms with Gasteiger partial charge in [0.15, 0.2) is 5.82 Å². The summed E-state index contributed by atoms with van der Waals surface area (Å²) in [5, 5.41) is 13.8. The number of hydrogen-bond donors (Lipinski definition) is 0. The van der Waals surface area contributed by atoms with E-state index in [1.54, 1.807) is 0 Å². The number of carbonyl (C=O) groups excluding carboxylic acids is 2. The number of benzene rings is 5. The highest BCUT2D eigenvalue weighted by Crippen LogP contribution is 2.43. The van der Waals surface area contributed by atoms with E-state index in [1.807, 2.05) is 103 Å². The van der Waals surface area contributed by atoms with E-state index in [0.717, 1.165) is 51.8 Å². The Morgan fingerprint density at radius 2 is 1.27 bits per heavy atom. The number of hydrogen-bond acceptors (Lipinski definition) is 6. The Labute approximate surface area is 281 Å². The molecule has 0 saturated heterocycles. The molecule has 240 valence electrons. The van der Waals surface area contributed by atoms with Crippen molar-refractivity contribution in [2.45, 2.75) is 38.1 Å². The molecule has 1 atom stereocenters. The quantitative estimate of drug-likeness (QED) is 0.0728. The monoisotopic (exact) mass is 634 g/mol. The molecule has 0 aliphatic rings. The molecule has 1 aromatic heterocycles. The molecule has 7 heteroatoms. The lowest BCUT2D eigenvalue weighted by Crippen LogP contribution is -2.39. The van der Waals surface area contributed by atoms with E-state index in [2.05, 4.69) is 53.7 Å². The number of ketones is 1. The maximum Gasteiger partial charge on any atom is 0.316 e. The van der Waals surface area contributed by atoms with Crippen molar-refractivity contribution in [3.8, 4) is 22.5 Å². The van der Waals surface area contributed by atoms with Gasteiger partial charge < -0.3 is 4.74 Å². The Bertz CT molecular complexity index is 1860. The van der Waals surface area contributed by atoms with Crippen molar-refractivity contribution in [2.75, 3.05) is 7.11 Å². The predicted molar refractivity (Wildman–Crippen MR) is 187 cm³/mol. The topological polar surface area (TPSA) is 87.0 Å². The molecule has 0 aliphatic carbocycles. The second kappa shape index (κ2) is 14.8. The summed E-state index contributed by atoms with van der Waals surface area (Å²) in [7, 11) is 1.33. The van der Waals surface area contributed by atoms with Crippen LogP contribution in [-0.2, 0) is 26.3 Å². The van der Waals surface area contributed by atoms with Crippen LogP contribution in [-0.4, -0.2) is 39.1 Å². The summed E-state index contributed by atoms with van der Waals surface area (Å²) in [4.78, 5) is 26.1. The zero-order valence-corrected chi connectivity index (χ0v) is 27.2. The molecule has 0 bridgehead atoms. The number of Topliss-reactive ketones (excluding diaryl/α,β-unsaturated/α-hetero) is 1. The molecule has 5 aromatic carbocycles. The van der Waals surface area contributed by atoms with Gasteiger partial charge in [0.25, 0.3) is 0 Å². The molecule has 0 radical (unpaired) electrons. The van der Waals surface area contributed by atoms with Gasteiger partial charge in [0.05, 0.1) is 7.11 Å². The predicted octanol–water partition coefficient (Wildman–Crippen LogP) is 7.94. The first-order chi connectivity index (χ1) is 23.6. The number of rotatable bonds is 13. The number of carbonyl (C=O) groups is 2. The minimum atomic E-state index is -0.947. The van der Waals surface area contributed by atoms with Gasteiger partial charge in [0, 0.05) is 12.0 Å². The van der Waals surface area contributed by atoms with Gasteiger partial charge in [-0.15, -0.1) is 5.10 Å². The standard InChI is InChI=1S/C41H38N4O3/c1-3-4-25-38(46)37(40(47)48-2)29-30-26-27-35(31-17-9-5-10-18-31)36(28-30)39-42-43-44-45(39)41(32-19-11-6-12-20-32,33-21-13-7-14-22-33)34-23-15-8-16-24-34/h5-24,26-28,37H,3-4,25,29H2,1-2H3. The summed E-state index contributed by atoms with van der Waals surface area (Å²) in [5.41, 5.74) is 5.51. The lowest BCUT2D eigenvalue weighted by molar-refractivity contribution is -0.149. The van der Waals surface area contributed by atoms with Gasteiger partial charge in [-0.2, -0.15) is 0 Å². The molecule has 1 unspecified atom stereocenters. The van der Waals surface area contributed by atoms with Gasteiger partial charge in [-0.05, 0) is 62.7 Å². The van der Waals surface area contributed by atoms with Crippen molar-refractivity contribution < 1.29 is 14.3 Å². The summed E-state index contributed by atoms with van der Waals surface area (Å²) in [6.45, 7) is 2.03. The van der Waals surface area contributed by atoms with Crippen molar-refractivity contribution >= 4 is 11.8 Å². The molecule has 0 aliphatic heterocycles. The molecule has 6 rings (SSSR count). The van der Waals surface area contributed by atoms with Crippen molar-refractivity contribution in [1.82, 2.24) is 20.2 Å². The number of tetrazole rings is 1. The number of ether oxygens (including phenoxy) is 1. The van der Waals surface area contributed by atoms with Crippen molar-refractivity contribution in [3.63, 3.8) is 0 Å². The van der Waals surface area contributed by atoms with Crippen LogP contribution in [0, 0.1) is 5.92 Å². The van der Waals surface area contributed by atoms with Crippen LogP contribution in [0.25, 0.3) is 22.5 Å². The first-order valence-corrected chi connectivity index (χ1v) is 16.3. The van der Waals surface area contributed by atoms with E-state index in [-0.39, 0.29) is 12.2 Å². The molecule has 0 fully saturated rings. The fourth-order valence-corrected chi connectivity index (χ4v) is 6.49. The van der Waals surface area contributed by atoms with Crippen molar-refractivity contribution in [3.05, 3.63) is 162 Å². The summed E-state index contributed by atoms with van der Waals surface area (Å²) in [6, 6.07) is 46.9. The van der Waals surface area contributed by atoms with Crippen LogP contribution in [0.4, 0.5) is 0 Å². The largest absolute Gasteiger partial charge is 0.468 e. The fourth-order valence-electron chi connectivity index (χ4n) is 6.49. The Morgan fingerprint density at radius 3 is 1.79 bits per heavy atom. The smallest absolute Gasteiger partial charge is 0.316 e. The Balaban J connectivity index is 1.61. The Morgan fingerprint density at radius 1 is 0.729 bits per heavy atom. The number of methoxy groups -OCH3 is 1. The van der Waals surface area contributed by atoms with Crippen LogP contribution in [0.5, 0.6) is 0 Å². The second-order valence-electron chi connectivity index (χ2n) is 11.8. The van der Waals surface area contributed by atoms with Crippen LogP contribution in [0.3, 0.4) is 0 Å². The maximum absolute atomic E-state index is 13.2. The third kappa shape index (κ3) is 6.32. The summed E-state index contributed by atoms with van der Waals surface area (Å²) >= 11 is 0. The molecule has 7 nitrogen and oxygen atoms in total. The van der Waals surface area contributed by atoms with Crippen molar-refractivity contribution in [1.29, 1.82) is 0 Å². The third-order valence-electron chi connectivity index (χ3n) is 8.86. The number of esters is 1. The number of unbranched alkanes of at least 4 members (excludes halogenated alkanes) is 1. The van der Waals surface area contributed by atoms with E-state index < -0.39 is 17.4 Å². The highest BCUT2D eigenvalue weighted by atomic mass is 16.5. The number of aromatic nitrogens is 4. The van der Waals surface area contributed by atoms with Gasteiger partial charge in [0.2, 0.25) is 0 Å². The molecule has 1 heterocycles. The highest BCUT2D eigenvalue weighted by Gasteiger charge is 2.42. The van der Waals surface area contributed by atoms with E-state index in [9.17, 15) is 9.59 Å². The molecule has 0 saturated carbocycles. The van der Waals surface area contributed by atoms with Crippen LogP contribution >= 0.6 is 0 Å². The van der Waals surface area contributed by atoms with Gasteiger partial charge in [-0.25, -0.2) is 4.68 Å². The van der Waals surface area contributed by atoms with Crippen molar-refractivity contribution in [2.24, 2.45) is 5.92 Å². The molecule has 6 aromatic rings. The van der Waals surface area contributed by atoms with Gasteiger partial charge in [0.1, 0.15) is 17.2 Å². The first-order valence-electron chi connectivity index (χ1n) is 16.3. The van der Waals surface area contributed by atoms with E-state index in [1.165, 1.54) is 7.11 Å². The van der Waals surface area contributed by atoms with Gasteiger partial charge in [-0.3, -0.25) is 9.59 Å². The zero-order valence-electron chi connectivity index (χ0n) is 27.2. The Kier molecular flexibility index (Phi) is 9.96. The van der Waals surface area contributed by atoms with Crippen LogP contribution < -0.4 is 0 Å². The molecule has 0 spiro atoms. The first kappa shape index (κ1) is 32.3. The van der Waals surface area contributed by atoms with Crippen LogP contribution in [0.2, 0.25) is 0 Å². The van der Waals surface area contributed by atoms with Crippen LogP contribution in [0.1, 0.15) is 48.4 Å². The summed E-state index contributed by atoms with van der Waals surface area (Å²) in [5.74, 6) is -0.992. The van der Waals surface area contributed by atoms with E-state index in [0.29, 0.717) is 12.2 Å². The summed E-state index contributed by atoms with van der Waals surface area (Å²) in [6.07, 6.45) is 2.13. The average molecular weight is 635 g/mol. The average Bonchev–Trinajstić information content (AvgIpc) is 3.64. The van der Waals surface area contributed by atoms with Gasteiger partial charge >= 0.3 is 5.97 Å². The summed E-state index contributed by atoms with van der Waals surface area (Å²) < 4.78 is 7.00. The zero-order chi connectivity index (χ0) is 33.3. The highest BCUT2D eigenvalue weighted by molar-refractivity contribution is 5.99. The molecule has 48 heavy (non-hydrogen) atoms. The molecular formula is C41H38N4O3. The SMILES string of the molecule is CCCCC(=O)C(Cc1ccc(-c2ccccc2)c(-c2nnnn2C(c2ccccc2)(c2ccccc2)c2ccccc2)c1)C(=O)OC. The van der Waals surface area contributed by atoms with Crippen LogP contribution in [0.15, 0.2) is 140 Å². The maximum atomic E-state index is 13.2. The lowest BCUT2D eigenvalue weighted by Gasteiger charge is -2.36. The molecular weight excluding hydrogens is 596 g/mol. The minimum absolute atomic E-state index is 0.113. The third-order valence-corrected chi connectivity index (χ3v) is 8.86. The number of nitrogens with zero attached hydrogens (tertiary/aromatic N) is 4. The van der Waals surface area contributed by atoms with E-state index >= 15 is 0 Å². The fraction of sp³-hybridized carbons (Fsp3) is 0.195. The molecule has 0 amide bonds. The Hall–Kier alpha value is -5.69.